The van der Waals surface area contributed by atoms with Crippen LogP contribution in [0.5, 0.6) is 0 Å². The molecule has 146 valence electrons. The van der Waals surface area contributed by atoms with Crippen molar-refractivity contribution in [3.8, 4) is 0 Å². The number of aromatic amines is 1. The number of pyridine rings is 1. The first-order valence-corrected chi connectivity index (χ1v) is 9.26. The fourth-order valence-corrected chi connectivity index (χ4v) is 3.38. The Kier molecular flexibility index (Phi) is 4.95. The van der Waals surface area contributed by atoms with E-state index in [0.717, 1.165) is 6.42 Å². The average Bonchev–Trinajstić information content (AvgIpc) is 3.17. The first kappa shape index (κ1) is 18.6. The van der Waals surface area contributed by atoms with Crippen molar-refractivity contribution in [3.05, 3.63) is 76.2 Å². The summed E-state index contributed by atoms with van der Waals surface area (Å²) < 4.78 is 5.10. The van der Waals surface area contributed by atoms with E-state index in [4.69, 9.17) is 4.74 Å². The molecule has 4 rings (SSSR count). The van der Waals surface area contributed by atoms with Crippen molar-refractivity contribution in [2.75, 3.05) is 18.1 Å². The lowest BCUT2D eigenvalue weighted by Crippen LogP contribution is -2.24. The predicted molar refractivity (Wildman–Crippen MR) is 107 cm³/mol. The molecule has 1 amide bonds. The molecule has 1 aliphatic rings. The van der Waals surface area contributed by atoms with Crippen molar-refractivity contribution in [1.82, 2.24) is 4.98 Å². The first-order chi connectivity index (χ1) is 14.0. The van der Waals surface area contributed by atoms with E-state index < -0.39 is 23.9 Å². The van der Waals surface area contributed by atoms with Gasteiger partial charge >= 0.3 is 5.97 Å². The van der Waals surface area contributed by atoms with E-state index in [2.05, 4.69) is 4.98 Å². The number of nitrogens with one attached hydrogen (secondary N) is 1. The number of fused-ring (bicyclic) bond motifs is 1. The number of Topliss-reactive ketones (excluding diaryl/α,β-unsaturated/α-hetero) is 1. The van der Waals surface area contributed by atoms with Gasteiger partial charge < -0.3 is 14.6 Å². The highest BCUT2D eigenvalue weighted by Gasteiger charge is 2.22. The van der Waals surface area contributed by atoms with Crippen molar-refractivity contribution in [2.45, 2.75) is 12.8 Å². The van der Waals surface area contributed by atoms with E-state index >= 15 is 0 Å². The molecule has 0 radical (unpaired) electrons. The standard InChI is InChI=1S/C22H18N2O5/c25-19(15-6-3-7-16(11-15)24-10-4-9-20(24)26)13-29-22(28)18-12-14-5-1-2-8-17(14)21(27)23-18/h1-3,5-8,11-12H,4,9-10,13H2,(H,23,27). The van der Waals surface area contributed by atoms with E-state index in [9.17, 15) is 19.2 Å². The van der Waals surface area contributed by atoms with Crippen LogP contribution in [0, 0.1) is 0 Å². The molecule has 0 atom stereocenters. The summed E-state index contributed by atoms with van der Waals surface area (Å²) in [6.07, 6.45) is 1.29. The van der Waals surface area contributed by atoms with Gasteiger partial charge in [-0.15, -0.1) is 0 Å². The normalized spacial score (nSPS) is 13.7. The van der Waals surface area contributed by atoms with Crippen LogP contribution in [0.4, 0.5) is 5.69 Å². The maximum absolute atomic E-state index is 12.5. The Bertz CT molecular complexity index is 1180. The molecule has 0 saturated carbocycles. The van der Waals surface area contributed by atoms with Crippen LogP contribution in [0.2, 0.25) is 0 Å². The van der Waals surface area contributed by atoms with Crippen LogP contribution in [0.15, 0.2) is 59.4 Å². The molecule has 29 heavy (non-hydrogen) atoms. The van der Waals surface area contributed by atoms with E-state index in [-0.39, 0.29) is 11.6 Å². The summed E-state index contributed by atoms with van der Waals surface area (Å²) in [7, 11) is 0. The molecule has 2 aromatic carbocycles. The molecule has 1 aromatic heterocycles. The van der Waals surface area contributed by atoms with Gasteiger partial charge in [-0.3, -0.25) is 14.4 Å². The number of aromatic nitrogens is 1. The molecule has 0 unspecified atom stereocenters. The van der Waals surface area contributed by atoms with Crippen LogP contribution in [0.3, 0.4) is 0 Å². The van der Waals surface area contributed by atoms with Gasteiger partial charge in [-0.25, -0.2) is 4.79 Å². The number of anilines is 1. The second kappa shape index (κ2) is 7.71. The van der Waals surface area contributed by atoms with E-state index in [0.29, 0.717) is 35.0 Å². The van der Waals surface area contributed by atoms with Gasteiger partial charge in [-0.1, -0.05) is 30.3 Å². The zero-order valence-corrected chi connectivity index (χ0v) is 15.5. The monoisotopic (exact) mass is 390 g/mol. The molecule has 1 fully saturated rings. The highest BCUT2D eigenvalue weighted by Crippen LogP contribution is 2.22. The lowest BCUT2D eigenvalue weighted by molar-refractivity contribution is -0.117. The van der Waals surface area contributed by atoms with Gasteiger partial charge in [-0.2, -0.15) is 0 Å². The molecule has 1 aliphatic heterocycles. The average molecular weight is 390 g/mol. The number of esters is 1. The predicted octanol–water partition coefficient (Wildman–Crippen LogP) is 2.69. The minimum Gasteiger partial charge on any atom is -0.453 e. The summed E-state index contributed by atoms with van der Waals surface area (Å²) in [5, 5.41) is 1.07. The van der Waals surface area contributed by atoms with Gasteiger partial charge in [0.05, 0.1) is 0 Å². The smallest absolute Gasteiger partial charge is 0.355 e. The van der Waals surface area contributed by atoms with Gasteiger partial charge in [0.25, 0.3) is 5.56 Å². The molecular formula is C22H18N2O5. The summed E-state index contributed by atoms with van der Waals surface area (Å²) in [5.41, 5.74) is 0.591. The third kappa shape index (κ3) is 3.80. The second-order valence-electron chi connectivity index (χ2n) is 6.80. The minimum atomic E-state index is -0.785. The van der Waals surface area contributed by atoms with Crippen molar-refractivity contribution in [2.24, 2.45) is 0 Å². The third-order valence-corrected chi connectivity index (χ3v) is 4.86. The Morgan fingerprint density at radius 1 is 1.03 bits per heavy atom. The summed E-state index contributed by atoms with van der Waals surface area (Å²) in [4.78, 5) is 52.9. The zero-order chi connectivity index (χ0) is 20.4. The number of hydrogen-bond donors (Lipinski definition) is 1. The van der Waals surface area contributed by atoms with E-state index in [1.165, 1.54) is 6.07 Å². The van der Waals surface area contributed by atoms with Crippen molar-refractivity contribution in [3.63, 3.8) is 0 Å². The lowest BCUT2D eigenvalue weighted by Gasteiger charge is -2.16. The first-order valence-electron chi connectivity index (χ1n) is 9.26. The Morgan fingerprint density at radius 3 is 2.66 bits per heavy atom. The summed E-state index contributed by atoms with van der Waals surface area (Å²) in [5.74, 6) is -1.15. The highest BCUT2D eigenvalue weighted by atomic mass is 16.5. The molecule has 0 spiro atoms. The largest absolute Gasteiger partial charge is 0.453 e. The zero-order valence-electron chi connectivity index (χ0n) is 15.5. The number of carbonyl (C=O) groups is 3. The van der Waals surface area contributed by atoms with Crippen molar-refractivity contribution in [1.29, 1.82) is 0 Å². The molecule has 0 aliphatic carbocycles. The molecule has 7 nitrogen and oxygen atoms in total. The number of amides is 1. The Hall–Kier alpha value is -3.74. The lowest BCUT2D eigenvalue weighted by atomic mass is 10.1. The molecule has 0 bridgehead atoms. The topological polar surface area (TPSA) is 96.5 Å². The van der Waals surface area contributed by atoms with Crippen LogP contribution >= 0.6 is 0 Å². The summed E-state index contributed by atoms with van der Waals surface area (Å²) >= 11 is 0. The van der Waals surface area contributed by atoms with E-state index in [1.807, 2.05) is 0 Å². The second-order valence-corrected chi connectivity index (χ2v) is 6.80. The molecule has 1 N–H and O–H groups in total. The Labute approximate surface area is 165 Å². The summed E-state index contributed by atoms with van der Waals surface area (Å²) in [6.45, 7) is 0.159. The number of benzene rings is 2. The maximum atomic E-state index is 12.5. The number of ketones is 1. The number of rotatable bonds is 5. The van der Waals surface area contributed by atoms with Gasteiger partial charge in [0.15, 0.2) is 12.4 Å². The fourth-order valence-electron chi connectivity index (χ4n) is 3.38. The molecule has 1 saturated heterocycles. The van der Waals surface area contributed by atoms with Gasteiger partial charge in [-0.05, 0) is 36.1 Å². The SMILES string of the molecule is O=C(COC(=O)c1cc2ccccc2c(=O)[nH]1)c1cccc(N2CCCC2=O)c1. The van der Waals surface area contributed by atoms with Gasteiger partial charge in [0, 0.05) is 29.6 Å². The van der Waals surface area contributed by atoms with Crippen LogP contribution in [0.1, 0.15) is 33.7 Å². The fraction of sp³-hybridized carbons (Fsp3) is 0.182. The minimum absolute atomic E-state index is 0.0158. The molecule has 7 heteroatoms. The van der Waals surface area contributed by atoms with E-state index in [1.54, 1.807) is 53.4 Å². The maximum Gasteiger partial charge on any atom is 0.355 e. The number of carbonyl (C=O) groups excluding carboxylic acids is 3. The van der Waals surface area contributed by atoms with Crippen LogP contribution in [-0.2, 0) is 9.53 Å². The molecule has 2 heterocycles. The Balaban J connectivity index is 1.46. The van der Waals surface area contributed by atoms with Gasteiger partial charge in [0.1, 0.15) is 5.69 Å². The van der Waals surface area contributed by atoms with Crippen LogP contribution < -0.4 is 10.5 Å². The van der Waals surface area contributed by atoms with Crippen LogP contribution in [0.25, 0.3) is 10.8 Å². The Morgan fingerprint density at radius 2 is 1.86 bits per heavy atom. The number of H-pyrrole nitrogens is 1. The number of nitrogens with zero attached hydrogens (tertiary/aromatic N) is 1. The summed E-state index contributed by atoms with van der Waals surface area (Å²) in [6, 6.07) is 15.1. The van der Waals surface area contributed by atoms with Crippen molar-refractivity contribution < 1.29 is 19.1 Å². The highest BCUT2D eigenvalue weighted by molar-refractivity contribution is 6.02. The molecular weight excluding hydrogens is 372 g/mol. The third-order valence-electron chi connectivity index (χ3n) is 4.86. The quantitative estimate of drug-likeness (QED) is 0.534. The van der Waals surface area contributed by atoms with Crippen molar-refractivity contribution >= 4 is 34.1 Å². The molecule has 3 aromatic rings. The van der Waals surface area contributed by atoms with Gasteiger partial charge in [0.2, 0.25) is 5.91 Å². The number of hydrogen-bond acceptors (Lipinski definition) is 5. The number of ether oxygens (including phenoxy) is 1. The van der Waals surface area contributed by atoms with Crippen LogP contribution in [-0.4, -0.2) is 35.8 Å².